The summed E-state index contributed by atoms with van der Waals surface area (Å²) in [6, 6.07) is 6.92. The van der Waals surface area contributed by atoms with E-state index in [-0.39, 0.29) is 24.2 Å². The molecular weight excluding hydrogens is 603 g/mol. The molecule has 0 radical (unpaired) electrons. The quantitative estimate of drug-likeness (QED) is 0.0989. The Balaban J connectivity index is 2.24. The van der Waals surface area contributed by atoms with Gasteiger partial charge in [0.15, 0.2) is 0 Å². The van der Waals surface area contributed by atoms with Crippen molar-refractivity contribution in [3.05, 3.63) is 29.8 Å². The van der Waals surface area contributed by atoms with Crippen LogP contribution < -0.4 is 20.9 Å². The molecule has 206 valence electrons. The second-order valence-corrected chi connectivity index (χ2v) is 11.3. The van der Waals surface area contributed by atoms with Crippen molar-refractivity contribution >= 4 is 54.1 Å². The first-order chi connectivity index (χ1) is 18.0. The van der Waals surface area contributed by atoms with Crippen molar-refractivity contribution in [1.82, 2.24) is 16.1 Å². The molecule has 4 atom stereocenters. The van der Waals surface area contributed by atoms with E-state index in [0.717, 1.165) is 43.4 Å². The lowest BCUT2D eigenvalue weighted by atomic mass is 9.83. The minimum atomic E-state index is -0.724. The largest absolute Gasteiger partial charge is 0.494 e. The van der Waals surface area contributed by atoms with Crippen LogP contribution in [-0.4, -0.2) is 44.8 Å². The highest BCUT2D eigenvalue weighted by molar-refractivity contribution is 14.2. The fourth-order valence-electron chi connectivity index (χ4n) is 4.60. The van der Waals surface area contributed by atoms with Gasteiger partial charge in [0.1, 0.15) is 26.1 Å². The standard InChI is InChI=1S/C26H42BIN3O5P/c1-2-3-9-21-22(25(33)31-36-37-28)10-8-17-35-20-13-11-19(12-14-20)18-23(30-24(21)32)26(34)29-16-7-5-4-6-15-27/h11-14,21-23,37H,2-10,15-18,27H2,1H3,(H,29,34)(H,30,32)(H,31,33)/t21-,22+,23+/m1/s1. The third-order valence-electron chi connectivity index (χ3n) is 6.72. The monoisotopic (exact) mass is 645 g/mol. The third-order valence-corrected chi connectivity index (χ3v) is 7.56. The summed E-state index contributed by atoms with van der Waals surface area (Å²) in [5.41, 5.74) is 3.44. The van der Waals surface area contributed by atoms with Crippen LogP contribution in [0.3, 0.4) is 0 Å². The molecule has 0 saturated heterocycles. The molecule has 2 aliphatic rings. The summed E-state index contributed by atoms with van der Waals surface area (Å²) in [6.07, 6.45) is 9.25. The SMILES string of the molecule is BCCCCCCNC(=O)[C@@H]1Cc2ccc(cc2)OCCC[C@H](C(=O)NOPI)[C@@H](CCCC)C(=O)N1. The molecular formula is C26H42BIN3O5P. The zero-order chi connectivity index (χ0) is 26.9. The van der Waals surface area contributed by atoms with Gasteiger partial charge in [-0.25, -0.2) is 10.1 Å². The first-order valence-corrected chi connectivity index (χ1v) is 17.6. The molecule has 3 N–H and O–H groups in total. The number of amides is 3. The molecule has 8 nitrogen and oxygen atoms in total. The Morgan fingerprint density at radius 2 is 1.92 bits per heavy atom. The molecule has 11 heteroatoms. The molecule has 2 aliphatic heterocycles. The van der Waals surface area contributed by atoms with E-state index >= 15 is 0 Å². The first-order valence-electron chi connectivity index (χ1n) is 13.6. The highest BCUT2D eigenvalue weighted by atomic mass is 127. The molecule has 37 heavy (non-hydrogen) atoms. The number of unbranched alkanes of at least 4 members (excludes halogenated alkanes) is 4. The van der Waals surface area contributed by atoms with Crippen LogP contribution >= 0.6 is 28.5 Å². The number of benzene rings is 1. The number of nitrogens with one attached hydrogen (secondary N) is 3. The second kappa shape index (κ2) is 18.8. The zero-order valence-corrected chi connectivity index (χ0v) is 25.3. The summed E-state index contributed by atoms with van der Waals surface area (Å²) in [5, 5.41) is 6.03. The number of carbonyl (C=O) groups excluding carboxylic acids is 3. The Morgan fingerprint density at radius 1 is 1.16 bits per heavy atom. The van der Waals surface area contributed by atoms with E-state index in [9.17, 15) is 14.4 Å². The van der Waals surface area contributed by atoms with Crippen molar-refractivity contribution < 1.29 is 23.7 Å². The Hall–Kier alpha value is -1.39. The van der Waals surface area contributed by atoms with E-state index in [2.05, 4.69) is 30.9 Å². The van der Waals surface area contributed by atoms with Crippen LogP contribution in [0, 0.1) is 11.8 Å². The Kier molecular flexibility index (Phi) is 16.2. The lowest BCUT2D eigenvalue weighted by molar-refractivity contribution is -0.140. The minimum Gasteiger partial charge on any atom is -0.494 e. The van der Waals surface area contributed by atoms with Crippen LogP contribution in [0.25, 0.3) is 0 Å². The van der Waals surface area contributed by atoms with E-state index in [1.54, 1.807) is 0 Å². The number of hydrogen-bond donors (Lipinski definition) is 3. The molecule has 0 spiro atoms. The number of carbonyl (C=O) groups is 3. The van der Waals surface area contributed by atoms with Gasteiger partial charge in [-0.2, -0.15) is 0 Å². The zero-order valence-electron chi connectivity index (χ0n) is 22.2. The van der Waals surface area contributed by atoms with Crippen molar-refractivity contribution in [1.29, 1.82) is 0 Å². The normalized spacial score (nSPS) is 20.7. The molecule has 0 aliphatic carbocycles. The number of hydroxylamine groups is 1. The van der Waals surface area contributed by atoms with Crippen molar-refractivity contribution in [2.75, 3.05) is 13.2 Å². The van der Waals surface area contributed by atoms with Crippen LogP contribution in [-0.2, 0) is 25.4 Å². The Labute approximate surface area is 237 Å². The summed E-state index contributed by atoms with van der Waals surface area (Å²) in [5.74, 6) is -1.15. The van der Waals surface area contributed by atoms with Gasteiger partial charge in [-0.05, 0) is 65.4 Å². The maximum atomic E-state index is 13.7. The van der Waals surface area contributed by atoms with Crippen molar-refractivity contribution in [2.45, 2.75) is 83.5 Å². The molecule has 3 rings (SSSR count). The fraction of sp³-hybridized carbons (Fsp3) is 0.654. The van der Waals surface area contributed by atoms with E-state index in [0.29, 0.717) is 38.8 Å². The van der Waals surface area contributed by atoms with Crippen LogP contribution in [0.1, 0.15) is 70.3 Å². The highest BCUT2D eigenvalue weighted by Crippen LogP contribution is 2.27. The summed E-state index contributed by atoms with van der Waals surface area (Å²) < 4.78 is 11.1. The Morgan fingerprint density at radius 3 is 2.62 bits per heavy atom. The van der Waals surface area contributed by atoms with Crippen molar-refractivity contribution in [2.24, 2.45) is 11.8 Å². The molecule has 2 bridgehead atoms. The summed E-state index contributed by atoms with van der Waals surface area (Å²) in [4.78, 5) is 39.9. The van der Waals surface area contributed by atoms with Gasteiger partial charge in [0.2, 0.25) is 17.7 Å². The lowest BCUT2D eigenvalue weighted by Crippen LogP contribution is -2.51. The minimum absolute atomic E-state index is 0.0739. The van der Waals surface area contributed by atoms with Crippen molar-refractivity contribution in [3.8, 4) is 5.75 Å². The summed E-state index contributed by atoms with van der Waals surface area (Å²) in [7, 11) is 2.18. The topological polar surface area (TPSA) is 106 Å². The number of halogens is 1. The van der Waals surface area contributed by atoms with E-state index in [1.165, 1.54) is 12.7 Å². The fourth-order valence-corrected chi connectivity index (χ4v) is 5.07. The van der Waals surface area contributed by atoms with Gasteiger partial charge in [0.05, 0.1) is 12.5 Å². The maximum absolute atomic E-state index is 13.7. The summed E-state index contributed by atoms with van der Waals surface area (Å²) >= 11 is 2.04. The molecule has 1 aromatic rings. The van der Waals surface area contributed by atoms with Gasteiger partial charge in [-0.15, -0.1) is 0 Å². The lowest BCUT2D eigenvalue weighted by Gasteiger charge is -2.28. The molecule has 1 unspecified atom stereocenters. The predicted octanol–water partition coefficient (Wildman–Crippen LogP) is 4.03. The smallest absolute Gasteiger partial charge is 0.247 e. The number of hydrogen-bond acceptors (Lipinski definition) is 5. The summed E-state index contributed by atoms with van der Waals surface area (Å²) in [6.45, 7) is 3.17. The average Bonchev–Trinajstić information content (AvgIpc) is 2.90. The van der Waals surface area contributed by atoms with Crippen molar-refractivity contribution in [3.63, 3.8) is 0 Å². The van der Waals surface area contributed by atoms with Gasteiger partial charge >= 0.3 is 0 Å². The molecule has 0 fully saturated rings. The molecule has 2 heterocycles. The molecule has 0 saturated carbocycles. The second-order valence-electron chi connectivity index (χ2n) is 9.61. The van der Waals surface area contributed by atoms with E-state index < -0.39 is 17.9 Å². The maximum Gasteiger partial charge on any atom is 0.247 e. The highest BCUT2D eigenvalue weighted by Gasteiger charge is 2.35. The third kappa shape index (κ3) is 11.9. The van der Waals surface area contributed by atoms with Crippen LogP contribution in [0.2, 0.25) is 6.32 Å². The molecule has 0 aromatic heterocycles. The molecule has 3 amide bonds. The van der Waals surface area contributed by atoms with E-state index in [1.807, 2.05) is 46.3 Å². The van der Waals surface area contributed by atoms with Gasteiger partial charge in [0.25, 0.3) is 0 Å². The average molecular weight is 645 g/mol. The number of ether oxygens (including phenoxy) is 1. The number of fused-ring (bicyclic) bond motifs is 11. The van der Waals surface area contributed by atoms with Gasteiger partial charge < -0.3 is 15.4 Å². The molecule has 1 aromatic carbocycles. The first kappa shape index (κ1) is 31.8. The van der Waals surface area contributed by atoms with Gasteiger partial charge in [-0.3, -0.25) is 14.4 Å². The van der Waals surface area contributed by atoms with Gasteiger partial charge in [0, 0.05) is 18.9 Å². The van der Waals surface area contributed by atoms with Crippen LogP contribution in [0.5, 0.6) is 5.75 Å². The van der Waals surface area contributed by atoms with Gasteiger partial charge in [-0.1, -0.05) is 57.5 Å². The van der Waals surface area contributed by atoms with Crippen LogP contribution in [0.4, 0.5) is 0 Å². The Bertz CT molecular complexity index is 833. The number of rotatable bonds is 13. The predicted molar refractivity (Wildman–Crippen MR) is 160 cm³/mol. The van der Waals surface area contributed by atoms with Crippen LogP contribution in [0.15, 0.2) is 24.3 Å². The van der Waals surface area contributed by atoms with E-state index in [4.69, 9.17) is 9.36 Å².